The number of aryl methyl sites for hydroxylation is 1. The average molecular weight is 460 g/mol. The Hall–Kier alpha value is -1.35. The first-order chi connectivity index (χ1) is 11.3. The second kappa shape index (κ2) is 11.2. The SMILES string of the molecule is CCOc1ccccc1CNC(=NC)NCc1csc(CC)n1.I. The van der Waals surface area contributed by atoms with Crippen LogP contribution in [0.3, 0.4) is 0 Å². The van der Waals surface area contributed by atoms with Gasteiger partial charge in [0, 0.05) is 24.5 Å². The van der Waals surface area contributed by atoms with Gasteiger partial charge in [-0.15, -0.1) is 35.3 Å². The highest BCUT2D eigenvalue weighted by atomic mass is 127. The normalized spacial score (nSPS) is 10.9. The third kappa shape index (κ3) is 6.27. The number of aliphatic imine (C=N–C) groups is 1. The quantitative estimate of drug-likeness (QED) is 0.377. The van der Waals surface area contributed by atoms with Crippen molar-refractivity contribution in [1.82, 2.24) is 15.6 Å². The summed E-state index contributed by atoms with van der Waals surface area (Å²) < 4.78 is 5.64. The molecule has 24 heavy (non-hydrogen) atoms. The number of halogens is 1. The van der Waals surface area contributed by atoms with Crippen molar-refractivity contribution < 1.29 is 4.74 Å². The minimum absolute atomic E-state index is 0. The van der Waals surface area contributed by atoms with Crippen LogP contribution in [0.25, 0.3) is 0 Å². The lowest BCUT2D eigenvalue weighted by atomic mass is 10.2. The lowest BCUT2D eigenvalue weighted by molar-refractivity contribution is 0.336. The number of nitrogens with one attached hydrogen (secondary N) is 2. The predicted octanol–water partition coefficient (Wildman–Crippen LogP) is 3.59. The van der Waals surface area contributed by atoms with Crippen molar-refractivity contribution in [2.45, 2.75) is 33.4 Å². The van der Waals surface area contributed by atoms with E-state index in [0.29, 0.717) is 19.7 Å². The van der Waals surface area contributed by atoms with Crippen LogP contribution in [0.2, 0.25) is 0 Å². The predicted molar refractivity (Wildman–Crippen MR) is 112 cm³/mol. The van der Waals surface area contributed by atoms with E-state index in [0.717, 1.165) is 34.4 Å². The smallest absolute Gasteiger partial charge is 0.191 e. The summed E-state index contributed by atoms with van der Waals surface area (Å²) in [6, 6.07) is 8.03. The zero-order valence-electron chi connectivity index (χ0n) is 14.3. The van der Waals surface area contributed by atoms with Gasteiger partial charge < -0.3 is 15.4 Å². The van der Waals surface area contributed by atoms with E-state index in [4.69, 9.17) is 4.74 Å². The number of thiazole rings is 1. The molecule has 2 rings (SSSR count). The Morgan fingerprint density at radius 1 is 1.21 bits per heavy atom. The van der Waals surface area contributed by atoms with E-state index in [1.807, 2.05) is 25.1 Å². The summed E-state index contributed by atoms with van der Waals surface area (Å²) in [6.07, 6.45) is 0.978. The molecule has 0 aliphatic rings. The third-order valence-electron chi connectivity index (χ3n) is 3.28. The molecule has 0 aliphatic heterocycles. The molecule has 1 aromatic heterocycles. The maximum Gasteiger partial charge on any atom is 0.191 e. The van der Waals surface area contributed by atoms with Crippen LogP contribution in [0.15, 0.2) is 34.6 Å². The maximum absolute atomic E-state index is 5.64. The number of para-hydroxylation sites is 1. The molecule has 0 amide bonds. The monoisotopic (exact) mass is 460 g/mol. The number of hydrogen-bond donors (Lipinski definition) is 2. The van der Waals surface area contributed by atoms with Crippen LogP contribution >= 0.6 is 35.3 Å². The van der Waals surface area contributed by atoms with Crippen LogP contribution in [-0.2, 0) is 19.5 Å². The number of ether oxygens (including phenoxy) is 1. The molecule has 0 atom stereocenters. The summed E-state index contributed by atoms with van der Waals surface area (Å²) in [7, 11) is 1.77. The zero-order chi connectivity index (χ0) is 16.5. The molecule has 0 unspecified atom stereocenters. The summed E-state index contributed by atoms with van der Waals surface area (Å²) in [6.45, 7) is 6.10. The van der Waals surface area contributed by atoms with Gasteiger partial charge in [0.2, 0.25) is 0 Å². The highest BCUT2D eigenvalue weighted by Crippen LogP contribution is 2.17. The van der Waals surface area contributed by atoms with Gasteiger partial charge in [0.1, 0.15) is 5.75 Å². The fraction of sp³-hybridized carbons (Fsp3) is 0.412. The number of guanidine groups is 1. The van der Waals surface area contributed by atoms with Gasteiger partial charge in [-0.1, -0.05) is 25.1 Å². The number of benzene rings is 1. The third-order valence-corrected chi connectivity index (χ3v) is 4.32. The Bertz CT molecular complexity index is 645. The van der Waals surface area contributed by atoms with Crippen molar-refractivity contribution >= 4 is 41.3 Å². The molecule has 7 heteroatoms. The first-order valence-electron chi connectivity index (χ1n) is 7.85. The first-order valence-corrected chi connectivity index (χ1v) is 8.73. The van der Waals surface area contributed by atoms with Crippen molar-refractivity contribution in [3.05, 3.63) is 45.9 Å². The van der Waals surface area contributed by atoms with Gasteiger partial charge in [0.15, 0.2) is 5.96 Å². The highest BCUT2D eigenvalue weighted by Gasteiger charge is 2.05. The summed E-state index contributed by atoms with van der Waals surface area (Å²) in [4.78, 5) is 8.80. The van der Waals surface area contributed by atoms with E-state index in [9.17, 15) is 0 Å². The lowest BCUT2D eigenvalue weighted by Gasteiger charge is -2.13. The van der Waals surface area contributed by atoms with E-state index in [2.05, 4.69) is 39.0 Å². The maximum atomic E-state index is 5.64. The number of hydrogen-bond acceptors (Lipinski definition) is 4. The fourth-order valence-corrected chi connectivity index (χ4v) is 2.86. The molecule has 2 N–H and O–H groups in total. The van der Waals surface area contributed by atoms with Crippen molar-refractivity contribution in [3.8, 4) is 5.75 Å². The Labute approximate surface area is 165 Å². The Balaban J connectivity index is 0.00000288. The molecule has 1 heterocycles. The molecule has 0 spiro atoms. The molecule has 1 aromatic carbocycles. The number of nitrogens with zero attached hydrogens (tertiary/aromatic N) is 2. The first kappa shape index (κ1) is 20.7. The van der Waals surface area contributed by atoms with Crippen molar-refractivity contribution in [1.29, 1.82) is 0 Å². The molecule has 0 radical (unpaired) electrons. The Kier molecular flexibility index (Phi) is 9.70. The molecular formula is C17H25IN4OS. The second-order valence-corrected chi connectivity index (χ2v) is 5.85. The van der Waals surface area contributed by atoms with Crippen LogP contribution in [-0.4, -0.2) is 24.6 Å². The van der Waals surface area contributed by atoms with Gasteiger partial charge in [0.25, 0.3) is 0 Å². The van der Waals surface area contributed by atoms with Gasteiger partial charge in [-0.05, 0) is 19.4 Å². The van der Waals surface area contributed by atoms with E-state index in [-0.39, 0.29) is 24.0 Å². The van der Waals surface area contributed by atoms with Gasteiger partial charge in [-0.25, -0.2) is 4.98 Å². The Morgan fingerprint density at radius 2 is 1.96 bits per heavy atom. The van der Waals surface area contributed by atoms with Gasteiger partial charge in [-0.2, -0.15) is 0 Å². The molecule has 0 fully saturated rings. The van der Waals surface area contributed by atoms with Crippen LogP contribution in [0.4, 0.5) is 0 Å². The number of aromatic nitrogens is 1. The molecule has 0 aliphatic carbocycles. The minimum atomic E-state index is 0. The van der Waals surface area contributed by atoms with E-state index < -0.39 is 0 Å². The highest BCUT2D eigenvalue weighted by molar-refractivity contribution is 14.0. The van der Waals surface area contributed by atoms with Gasteiger partial charge in [0.05, 0.1) is 23.9 Å². The lowest BCUT2D eigenvalue weighted by Crippen LogP contribution is -2.36. The summed E-state index contributed by atoms with van der Waals surface area (Å²) in [5.74, 6) is 1.66. The fourth-order valence-electron chi connectivity index (χ4n) is 2.11. The molecule has 2 aromatic rings. The van der Waals surface area contributed by atoms with Crippen LogP contribution in [0.1, 0.15) is 30.1 Å². The van der Waals surface area contributed by atoms with Crippen LogP contribution < -0.4 is 15.4 Å². The molecular weight excluding hydrogens is 435 g/mol. The Morgan fingerprint density at radius 3 is 2.62 bits per heavy atom. The van der Waals surface area contributed by atoms with Crippen molar-refractivity contribution in [2.75, 3.05) is 13.7 Å². The van der Waals surface area contributed by atoms with Gasteiger partial charge in [-0.3, -0.25) is 4.99 Å². The van der Waals surface area contributed by atoms with Crippen LogP contribution in [0, 0.1) is 0 Å². The van der Waals surface area contributed by atoms with E-state index >= 15 is 0 Å². The molecule has 0 bridgehead atoms. The summed E-state index contributed by atoms with van der Waals surface area (Å²) in [5, 5.41) is 9.85. The molecule has 5 nitrogen and oxygen atoms in total. The second-order valence-electron chi connectivity index (χ2n) is 4.91. The summed E-state index contributed by atoms with van der Waals surface area (Å²) >= 11 is 1.70. The minimum Gasteiger partial charge on any atom is -0.494 e. The molecule has 132 valence electrons. The van der Waals surface area contributed by atoms with Crippen molar-refractivity contribution in [2.24, 2.45) is 4.99 Å². The largest absolute Gasteiger partial charge is 0.494 e. The molecule has 0 saturated heterocycles. The van der Waals surface area contributed by atoms with Crippen LogP contribution in [0.5, 0.6) is 5.75 Å². The van der Waals surface area contributed by atoms with Gasteiger partial charge >= 0.3 is 0 Å². The van der Waals surface area contributed by atoms with E-state index in [1.165, 1.54) is 0 Å². The average Bonchev–Trinajstić information content (AvgIpc) is 3.04. The van der Waals surface area contributed by atoms with E-state index in [1.54, 1.807) is 18.4 Å². The standard InChI is InChI=1S/C17H24N4OS.HI/c1-4-16-21-14(12-23-16)11-20-17(18-3)19-10-13-8-6-7-9-15(13)22-5-2;/h6-9,12H,4-5,10-11H2,1-3H3,(H2,18,19,20);1H. The zero-order valence-corrected chi connectivity index (χ0v) is 17.5. The number of rotatable bonds is 7. The molecule has 0 saturated carbocycles. The van der Waals surface area contributed by atoms with Crippen molar-refractivity contribution in [3.63, 3.8) is 0 Å². The summed E-state index contributed by atoms with van der Waals surface area (Å²) in [5.41, 5.74) is 2.16. The topological polar surface area (TPSA) is 58.5 Å².